The topological polar surface area (TPSA) is 42.7 Å². The van der Waals surface area contributed by atoms with Crippen LogP contribution in [0.3, 0.4) is 0 Å². The molecule has 19 heavy (non-hydrogen) atoms. The minimum absolute atomic E-state index is 0.810. The summed E-state index contributed by atoms with van der Waals surface area (Å²) in [5.74, 6) is 0. The molecular weight excluding hydrogens is 304 g/mol. The number of aryl methyl sites for hydroxylation is 3. The highest BCUT2D eigenvalue weighted by molar-refractivity contribution is 9.10. The third-order valence-electron chi connectivity index (χ3n) is 2.92. The average Bonchev–Trinajstić information content (AvgIpc) is 2.70. The molecule has 2 rings (SSSR count). The van der Waals surface area contributed by atoms with Crippen molar-refractivity contribution < 1.29 is 0 Å². The molecule has 0 saturated carbocycles. The zero-order chi connectivity index (χ0) is 13.7. The first-order valence-corrected chi connectivity index (χ1v) is 7.26. The minimum Gasteiger partial charge on any atom is -0.311 e. The molecule has 102 valence electrons. The Kier molecular flexibility index (Phi) is 5.10. The van der Waals surface area contributed by atoms with Crippen molar-refractivity contribution in [1.29, 1.82) is 0 Å². The summed E-state index contributed by atoms with van der Waals surface area (Å²) < 4.78 is 3.08. The van der Waals surface area contributed by atoms with Crippen LogP contribution < -0.4 is 5.32 Å². The van der Waals surface area contributed by atoms with E-state index in [0.717, 1.165) is 41.9 Å². The van der Waals surface area contributed by atoms with Crippen molar-refractivity contribution in [2.75, 3.05) is 6.54 Å². The molecule has 0 unspecified atom stereocenters. The van der Waals surface area contributed by atoms with Crippen molar-refractivity contribution in [2.45, 2.75) is 33.4 Å². The van der Waals surface area contributed by atoms with Gasteiger partial charge in [0.1, 0.15) is 0 Å². The highest BCUT2D eigenvalue weighted by atomic mass is 79.9. The van der Waals surface area contributed by atoms with Gasteiger partial charge in [0, 0.05) is 29.5 Å². The summed E-state index contributed by atoms with van der Waals surface area (Å²) in [5.41, 5.74) is 3.38. The van der Waals surface area contributed by atoms with Gasteiger partial charge in [-0.3, -0.25) is 9.67 Å². The van der Waals surface area contributed by atoms with Crippen LogP contribution in [0.1, 0.15) is 23.5 Å². The Bertz CT molecular complexity index is 519. The summed E-state index contributed by atoms with van der Waals surface area (Å²) in [7, 11) is 0. The molecule has 0 spiro atoms. The molecule has 0 radical (unpaired) electrons. The van der Waals surface area contributed by atoms with Crippen LogP contribution in [-0.4, -0.2) is 21.3 Å². The van der Waals surface area contributed by atoms with Crippen LogP contribution >= 0.6 is 15.9 Å². The van der Waals surface area contributed by atoms with Crippen LogP contribution in [0.4, 0.5) is 0 Å². The normalized spacial score (nSPS) is 10.9. The van der Waals surface area contributed by atoms with E-state index in [9.17, 15) is 0 Å². The van der Waals surface area contributed by atoms with Crippen LogP contribution in [0.25, 0.3) is 0 Å². The van der Waals surface area contributed by atoms with Gasteiger partial charge in [0.05, 0.1) is 11.4 Å². The molecule has 2 aromatic rings. The number of hydrogen-bond acceptors (Lipinski definition) is 3. The summed E-state index contributed by atoms with van der Waals surface area (Å²) in [5, 5.41) is 7.85. The average molecular weight is 323 g/mol. The van der Waals surface area contributed by atoms with Gasteiger partial charge in [0.2, 0.25) is 0 Å². The lowest BCUT2D eigenvalue weighted by molar-refractivity contribution is 0.530. The van der Waals surface area contributed by atoms with E-state index in [-0.39, 0.29) is 0 Å². The van der Waals surface area contributed by atoms with E-state index in [1.165, 1.54) is 5.69 Å². The van der Waals surface area contributed by atoms with Gasteiger partial charge in [-0.05, 0) is 60.9 Å². The SMILES string of the molecule is Cc1cc(C)n(CCCNCc2ccc(Br)cn2)n1. The molecule has 4 nitrogen and oxygen atoms in total. The predicted octanol–water partition coefficient (Wildman–Crippen LogP) is 2.84. The molecule has 2 aromatic heterocycles. The zero-order valence-corrected chi connectivity index (χ0v) is 12.9. The van der Waals surface area contributed by atoms with Gasteiger partial charge >= 0.3 is 0 Å². The number of aromatic nitrogens is 3. The Morgan fingerprint density at radius 3 is 2.79 bits per heavy atom. The van der Waals surface area contributed by atoms with Gasteiger partial charge in [-0.2, -0.15) is 5.10 Å². The number of hydrogen-bond donors (Lipinski definition) is 1. The number of nitrogens with zero attached hydrogens (tertiary/aromatic N) is 3. The fraction of sp³-hybridized carbons (Fsp3) is 0.429. The maximum Gasteiger partial charge on any atom is 0.0596 e. The Balaban J connectivity index is 1.67. The number of halogens is 1. The number of nitrogens with one attached hydrogen (secondary N) is 1. The van der Waals surface area contributed by atoms with Gasteiger partial charge in [-0.1, -0.05) is 0 Å². The fourth-order valence-corrected chi connectivity index (χ4v) is 2.22. The van der Waals surface area contributed by atoms with Crippen molar-refractivity contribution in [3.05, 3.63) is 46.0 Å². The van der Waals surface area contributed by atoms with Gasteiger partial charge < -0.3 is 5.32 Å². The van der Waals surface area contributed by atoms with Crippen LogP contribution in [0.5, 0.6) is 0 Å². The molecule has 5 heteroatoms. The molecule has 0 aliphatic heterocycles. The van der Waals surface area contributed by atoms with E-state index in [0.29, 0.717) is 0 Å². The van der Waals surface area contributed by atoms with Crippen LogP contribution in [0, 0.1) is 13.8 Å². The monoisotopic (exact) mass is 322 g/mol. The lowest BCUT2D eigenvalue weighted by Gasteiger charge is -2.06. The summed E-state index contributed by atoms with van der Waals surface area (Å²) in [6, 6.07) is 6.15. The highest BCUT2D eigenvalue weighted by Crippen LogP contribution is 2.07. The van der Waals surface area contributed by atoms with Crippen LogP contribution in [-0.2, 0) is 13.1 Å². The molecule has 0 aliphatic rings. The number of pyridine rings is 1. The molecule has 0 aliphatic carbocycles. The highest BCUT2D eigenvalue weighted by Gasteiger charge is 2.00. The maximum absolute atomic E-state index is 4.45. The lowest BCUT2D eigenvalue weighted by atomic mass is 10.3. The Hall–Kier alpha value is -1.20. The largest absolute Gasteiger partial charge is 0.311 e. The Labute approximate surface area is 122 Å². The van der Waals surface area contributed by atoms with E-state index in [4.69, 9.17) is 0 Å². The molecule has 0 fully saturated rings. The summed E-state index contributed by atoms with van der Waals surface area (Å²) in [6.45, 7) is 6.86. The molecule has 2 heterocycles. The molecular formula is C14H19BrN4. The van der Waals surface area contributed by atoms with Gasteiger partial charge in [-0.25, -0.2) is 0 Å². The molecule has 0 aromatic carbocycles. The summed E-state index contributed by atoms with van der Waals surface area (Å²) >= 11 is 3.38. The molecule has 0 atom stereocenters. The number of rotatable bonds is 6. The molecule has 0 amide bonds. The quantitative estimate of drug-likeness (QED) is 0.831. The maximum atomic E-state index is 4.45. The standard InChI is InChI=1S/C14H19BrN4/c1-11-8-12(2)19(18-11)7-3-6-16-10-14-5-4-13(15)9-17-14/h4-5,8-9,16H,3,6-7,10H2,1-2H3. The van der Waals surface area contributed by atoms with E-state index in [2.05, 4.69) is 49.0 Å². The van der Waals surface area contributed by atoms with Crippen molar-refractivity contribution >= 4 is 15.9 Å². The Morgan fingerprint density at radius 2 is 2.16 bits per heavy atom. The van der Waals surface area contributed by atoms with E-state index in [1.807, 2.05) is 25.3 Å². The van der Waals surface area contributed by atoms with Crippen molar-refractivity contribution in [2.24, 2.45) is 0 Å². The second-order valence-corrected chi connectivity index (χ2v) is 5.56. The van der Waals surface area contributed by atoms with E-state index in [1.54, 1.807) is 0 Å². The van der Waals surface area contributed by atoms with E-state index >= 15 is 0 Å². The van der Waals surface area contributed by atoms with Crippen molar-refractivity contribution in [3.8, 4) is 0 Å². The molecule has 0 bridgehead atoms. The lowest BCUT2D eigenvalue weighted by Crippen LogP contribution is -2.17. The van der Waals surface area contributed by atoms with Crippen molar-refractivity contribution in [1.82, 2.24) is 20.1 Å². The molecule has 0 saturated heterocycles. The van der Waals surface area contributed by atoms with Crippen LogP contribution in [0.15, 0.2) is 28.9 Å². The summed E-state index contributed by atoms with van der Waals surface area (Å²) in [4.78, 5) is 4.32. The van der Waals surface area contributed by atoms with Crippen molar-refractivity contribution in [3.63, 3.8) is 0 Å². The zero-order valence-electron chi connectivity index (χ0n) is 11.4. The fourth-order valence-electron chi connectivity index (χ4n) is 1.98. The second-order valence-electron chi connectivity index (χ2n) is 4.65. The third-order valence-corrected chi connectivity index (χ3v) is 3.39. The van der Waals surface area contributed by atoms with Gasteiger partial charge in [0.25, 0.3) is 0 Å². The third kappa shape index (κ3) is 4.44. The molecule has 1 N–H and O–H groups in total. The first-order chi connectivity index (χ1) is 9.15. The predicted molar refractivity (Wildman–Crippen MR) is 80.0 cm³/mol. The minimum atomic E-state index is 0.810. The van der Waals surface area contributed by atoms with E-state index < -0.39 is 0 Å². The van der Waals surface area contributed by atoms with Gasteiger partial charge in [-0.15, -0.1) is 0 Å². The Morgan fingerprint density at radius 1 is 1.32 bits per heavy atom. The first kappa shape index (κ1) is 14.2. The second kappa shape index (κ2) is 6.82. The smallest absolute Gasteiger partial charge is 0.0596 e. The van der Waals surface area contributed by atoms with Crippen LogP contribution in [0.2, 0.25) is 0 Å². The summed E-state index contributed by atoms with van der Waals surface area (Å²) in [6.07, 6.45) is 2.89. The van der Waals surface area contributed by atoms with Gasteiger partial charge in [0.15, 0.2) is 0 Å². The first-order valence-electron chi connectivity index (χ1n) is 6.47.